The molecule has 0 fully saturated rings. The predicted octanol–water partition coefficient (Wildman–Crippen LogP) is 0.845. The zero-order valence-corrected chi connectivity index (χ0v) is 10.3. The van der Waals surface area contributed by atoms with Gasteiger partial charge in [-0.1, -0.05) is 6.92 Å². The van der Waals surface area contributed by atoms with Crippen LogP contribution in [0.15, 0.2) is 0 Å². The smallest absolute Gasteiger partial charge is 0.0962 e. The Labute approximate surface area is 93.2 Å². The molecule has 0 aliphatic heterocycles. The first-order chi connectivity index (χ1) is 7.19. The van der Waals surface area contributed by atoms with Gasteiger partial charge in [-0.15, -0.1) is 0 Å². The number of hydrogen-bond donors (Lipinski definition) is 1. The Bertz CT molecular complexity index is 191. The van der Waals surface area contributed by atoms with Crippen LogP contribution < -0.4 is 5.32 Å². The van der Waals surface area contributed by atoms with Crippen molar-refractivity contribution in [1.82, 2.24) is 10.2 Å². The molecule has 0 bridgehead atoms. The Balaban J connectivity index is 3.94. The summed E-state index contributed by atoms with van der Waals surface area (Å²) in [6.07, 6.45) is 0.856. The van der Waals surface area contributed by atoms with E-state index in [1.165, 1.54) is 0 Å². The van der Waals surface area contributed by atoms with Crippen molar-refractivity contribution in [2.75, 3.05) is 33.9 Å². The van der Waals surface area contributed by atoms with Crippen LogP contribution in [0.3, 0.4) is 0 Å². The van der Waals surface area contributed by atoms with Crippen LogP contribution in [0.1, 0.15) is 20.3 Å². The molecular formula is C11H23N3O. The van der Waals surface area contributed by atoms with E-state index in [9.17, 15) is 0 Å². The molecule has 4 heteroatoms. The second kappa shape index (κ2) is 8.66. The molecule has 0 rings (SSSR count). The van der Waals surface area contributed by atoms with Crippen LogP contribution in [0.2, 0.25) is 0 Å². The van der Waals surface area contributed by atoms with Gasteiger partial charge in [-0.05, 0) is 26.9 Å². The fourth-order valence-electron chi connectivity index (χ4n) is 1.61. The van der Waals surface area contributed by atoms with E-state index in [1.807, 2.05) is 7.05 Å². The zero-order valence-electron chi connectivity index (χ0n) is 10.3. The highest BCUT2D eigenvalue weighted by Crippen LogP contribution is 2.02. The van der Waals surface area contributed by atoms with Crippen LogP contribution in [0, 0.1) is 11.3 Å². The summed E-state index contributed by atoms with van der Waals surface area (Å²) < 4.78 is 5.12. The maximum Gasteiger partial charge on any atom is 0.0962 e. The number of methoxy groups -OCH3 is 1. The number of nitrogens with one attached hydrogen (secondary N) is 1. The Kier molecular flexibility index (Phi) is 8.30. The van der Waals surface area contributed by atoms with Crippen molar-refractivity contribution >= 4 is 0 Å². The Morgan fingerprint density at radius 2 is 2.20 bits per heavy atom. The highest BCUT2D eigenvalue weighted by Gasteiger charge is 2.13. The Hall–Kier alpha value is -0.630. The summed E-state index contributed by atoms with van der Waals surface area (Å²) in [6.45, 7) is 6.94. The number of hydrogen-bond acceptors (Lipinski definition) is 4. The highest BCUT2D eigenvalue weighted by atomic mass is 16.5. The van der Waals surface area contributed by atoms with Crippen molar-refractivity contribution < 1.29 is 4.74 Å². The summed E-state index contributed by atoms with van der Waals surface area (Å²) >= 11 is 0. The molecule has 2 atom stereocenters. The van der Waals surface area contributed by atoms with E-state index < -0.39 is 0 Å². The van der Waals surface area contributed by atoms with Crippen molar-refractivity contribution in [3.05, 3.63) is 0 Å². The van der Waals surface area contributed by atoms with Crippen LogP contribution in [0.25, 0.3) is 0 Å². The average molecular weight is 213 g/mol. The molecule has 0 heterocycles. The van der Waals surface area contributed by atoms with Crippen LogP contribution in [0.4, 0.5) is 0 Å². The first kappa shape index (κ1) is 14.4. The molecule has 0 aromatic heterocycles. The summed E-state index contributed by atoms with van der Waals surface area (Å²) in [5.74, 6) is 0. The molecule has 4 nitrogen and oxygen atoms in total. The third kappa shape index (κ3) is 5.73. The van der Waals surface area contributed by atoms with Gasteiger partial charge in [0.25, 0.3) is 0 Å². The van der Waals surface area contributed by atoms with E-state index >= 15 is 0 Å². The fourth-order valence-corrected chi connectivity index (χ4v) is 1.61. The average Bonchev–Trinajstić information content (AvgIpc) is 2.25. The lowest BCUT2D eigenvalue weighted by molar-refractivity contribution is 0.101. The largest absolute Gasteiger partial charge is 0.383 e. The SMILES string of the molecule is CCN(CCC(C#N)NC)C(C)COC. The molecule has 0 amide bonds. The number of rotatable bonds is 8. The monoisotopic (exact) mass is 213 g/mol. The van der Waals surface area contributed by atoms with Crippen LogP contribution in [0.5, 0.6) is 0 Å². The van der Waals surface area contributed by atoms with Gasteiger partial charge in [0.1, 0.15) is 0 Å². The number of likely N-dealkylation sites (N-methyl/N-ethyl adjacent to an activating group) is 1. The van der Waals surface area contributed by atoms with E-state index in [2.05, 4.69) is 30.1 Å². The molecule has 0 aliphatic carbocycles. The van der Waals surface area contributed by atoms with E-state index in [1.54, 1.807) is 7.11 Å². The van der Waals surface area contributed by atoms with Crippen LogP contribution >= 0.6 is 0 Å². The minimum Gasteiger partial charge on any atom is -0.383 e. The first-order valence-corrected chi connectivity index (χ1v) is 5.49. The number of nitriles is 1. The maximum absolute atomic E-state index is 8.80. The first-order valence-electron chi connectivity index (χ1n) is 5.49. The summed E-state index contributed by atoms with van der Waals surface area (Å²) in [5, 5.41) is 11.8. The summed E-state index contributed by atoms with van der Waals surface area (Å²) in [5.41, 5.74) is 0. The predicted molar refractivity (Wildman–Crippen MR) is 61.7 cm³/mol. The fraction of sp³-hybridized carbons (Fsp3) is 0.909. The highest BCUT2D eigenvalue weighted by molar-refractivity contribution is 4.89. The van der Waals surface area contributed by atoms with Crippen LogP contribution in [-0.4, -0.2) is 50.8 Å². The van der Waals surface area contributed by atoms with Gasteiger partial charge in [0.15, 0.2) is 0 Å². The molecule has 15 heavy (non-hydrogen) atoms. The van der Waals surface area contributed by atoms with Gasteiger partial charge in [0, 0.05) is 19.7 Å². The van der Waals surface area contributed by atoms with E-state index in [0.717, 1.165) is 26.1 Å². The van der Waals surface area contributed by atoms with Crippen molar-refractivity contribution in [3.63, 3.8) is 0 Å². The normalized spacial score (nSPS) is 14.9. The third-order valence-corrected chi connectivity index (χ3v) is 2.65. The molecule has 0 aromatic rings. The van der Waals surface area contributed by atoms with E-state index in [4.69, 9.17) is 10.00 Å². The van der Waals surface area contributed by atoms with Crippen molar-refractivity contribution in [2.45, 2.75) is 32.4 Å². The van der Waals surface area contributed by atoms with Gasteiger partial charge < -0.3 is 10.1 Å². The van der Waals surface area contributed by atoms with Gasteiger partial charge in [-0.3, -0.25) is 4.90 Å². The number of nitrogens with zero attached hydrogens (tertiary/aromatic N) is 2. The molecule has 0 aliphatic rings. The topological polar surface area (TPSA) is 48.3 Å². The summed E-state index contributed by atoms with van der Waals surface area (Å²) in [6, 6.07) is 2.60. The summed E-state index contributed by atoms with van der Waals surface area (Å²) in [4.78, 5) is 2.32. The lowest BCUT2D eigenvalue weighted by atomic mass is 10.2. The second-order valence-corrected chi connectivity index (χ2v) is 3.69. The standard InChI is InChI=1S/C11H23N3O/c1-5-14(10(2)9-15-4)7-6-11(8-12)13-3/h10-11,13H,5-7,9H2,1-4H3. The molecule has 0 spiro atoms. The van der Waals surface area contributed by atoms with Crippen molar-refractivity contribution in [2.24, 2.45) is 0 Å². The van der Waals surface area contributed by atoms with E-state index in [0.29, 0.717) is 6.04 Å². The molecule has 0 radical (unpaired) electrons. The Morgan fingerprint density at radius 1 is 1.53 bits per heavy atom. The Morgan fingerprint density at radius 3 is 2.60 bits per heavy atom. The third-order valence-electron chi connectivity index (χ3n) is 2.65. The minimum absolute atomic E-state index is 0.0474. The molecule has 88 valence electrons. The van der Waals surface area contributed by atoms with Gasteiger partial charge in [0.2, 0.25) is 0 Å². The van der Waals surface area contributed by atoms with Crippen LogP contribution in [-0.2, 0) is 4.74 Å². The number of ether oxygens (including phenoxy) is 1. The van der Waals surface area contributed by atoms with Crippen molar-refractivity contribution in [1.29, 1.82) is 5.26 Å². The molecule has 0 aromatic carbocycles. The van der Waals surface area contributed by atoms with E-state index in [-0.39, 0.29) is 6.04 Å². The quantitative estimate of drug-likeness (QED) is 0.649. The van der Waals surface area contributed by atoms with Gasteiger partial charge in [-0.25, -0.2) is 0 Å². The van der Waals surface area contributed by atoms with Gasteiger partial charge >= 0.3 is 0 Å². The molecule has 2 unspecified atom stereocenters. The molecule has 0 saturated carbocycles. The van der Waals surface area contributed by atoms with Gasteiger partial charge in [0.05, 0.1) is 18.7 Å². The minimum atomic E-state index is -0.0474. The molecular weight excluding hydrogens is 190 g/mol. The summed E-state index contributed by atoms with van der Waals surface area (Å²) in [7, 11) is 3.54. The lowest BCUT2D eigenvalue weighted by Crippen LogP contribution is -2.39. The second-order valence-electron chi connectivity index (χ2n) is 3.69. The maximum atomic E-state index is 8.80. The zero-order chi connectivity index (χ0) is 11.7. The van der Waals surface area contributed by atoms with Crippen molar-refractivity contribution in [3.8, 4) is 6.07 Å². The van der Waals surface area contributed by atoms with Gasteiger partial charge in [-0.2, -0.15) is 5.26 Å². The lowest BCUT2D eigenvalue weighted by Gasteiger charge is -2.27. The molecule has 1 N–H and O–H groups in total. The molecule has 0 saturated heterocycles.